The summed E-state index contributed by atoms with van der Waals surface area (Å²) in [7, 11) is 0. The smallest absolute Gasteiger partial charge is 0.267 e. The molecule has 68 heavy (non-hydrogen) atoms. The molecular weight excluding hydrogens is 891 g/mol. The molecule has 29 heteroatoms. The summed E-state index contributed by atoms with van der Waals surface area (Å²) in [6.07, 6.45) is -8.17. The van der Waals surface area contributed by atoms with Gasteiger partial charge < -0.3 is 94.3 Å². The van der Waals surface area contributed by atoms with Crippen molar-refractivity contribution in [3.63, 3.8) is 0 Å². The summed E-state index contributed by atoms with van der Waals surface area (Å²) >= 11 is 0. The summed E-state index contributed by atoms with van der Waals surface area (Å²) in [6.45, 7) is 0.0390. The lowest BCUT2D eigenvalue weighted by atomic mass is 10.1. The fraction of sp³-hybridized carbons (Fsp3) is 0.205. The van der Waals surface area contributed by atoms with Crippen LogP contribution in [0, 0.1) is 0 Å². The Morgan fingerprint density at radius 3 is 1.24 bits per heavy atom. The molecule has 0 aliphatic heterocycles. The zero-order valence-electron chi connectivity index (χ0n) is 35.9. The quantitative estimate of drug-likeness (QED) is 0.0182. The van der Waals surface area contributed by atoms with Crippen molar-refractivity contribution >= 4 is 77.3 Å². The fourth-order valence-electron chi connectivity index (χ4n) is 5.36. The Morgan fingerprint density at radius 2 is 0.838 bits per heavy atom. The third-order valence-corrected chi connectivity index (χ3v) is 8.50. The molecule has 0 saturated heterocycles. The van der Waals surface area contributed by atoms with Gasteiger partial charge in [0.25, 0.3) is 35.4 Å². The van der Waals surface area contributed by atoms with Gasteiger partial charge in [0.1, 0.15) is 6.04 Å². The second-order valence-electron chi connectivity index (χ2n) is 13.9. The predicted octanol–water partition coefficient (Wildman–Crippen LogP) is -8.13. The number of rotatable bonds is 23. The van der Waals surface area contributed by atoms with Crippen molar-refractivity contribution in [2.45, 2.75) is 49.6 Å². The molecule has 29 nitrogen and oxygen atoms in total. The van der Waals surface area contributed by atoms with Crippen LogP contribution in [0.25, 0.3) is 12.2 Å². The Bertz CT molecular complexity index is 2400. The van der Waals surface area contributed by atoms with Crippen LogP contribution in [-0.4, -0.2) is 107 Å². The van der Waals surface area contributed by atoms with E-state index in [1.165, 1.54) is 12.1 Å². The Morgan fingerprint density at radius 1 is 0.471 bits per heavy atom. The van der Waals surface area contributed by atoms with Gasteiger partial charge in [-0.1, -0.05) is 97.1 Å². The molecule has 362 valence electrons. The second-order valence-corrected chi connectivity index (χ2v) is 13.9. The maximum absolute atomic E-state index is 13.9. The van der Waals surface area contributed by atoms with E-state index in [9.17, 15) is 38.7 Å². The monoisotopic (exact) mass is 943 g/mol. The maximum Gasteiger partial charge on any atom is 0.267 e. The van der Waals surface area contributed by atoms with Crippen LogP contribution >= 0.6 is 0 Å². The van der Waals surface area contributed by atoms with E-state index < -0.39 is 108 Å². The van der Waals surface area contributed by atoms with Crippen molar-refractivity contribution in [3.05, 3.63) is 107 Å². The second kappa shape index (κ2) is 25.8. The molecule has 3 aromatic carbocycles. The summed E-state index contributed by atoms with van der Waals surface area (Å²) in [5.74, 6) is -11.9. The SMILES string of the molecule is NC(=O)C(N)NC(=O)C(N=C(N)N)NC(=O)C(N=C(N)N)NC(=O)C(N=C(N)N)NC(=O)C(N=C(N)N)NC(=O)C(NC(=O)C(O)NCc1ccc(C=Cc2ccccc2)cc1)c1ccccc1. The number of carbonyl (C=O) groups excluding carboxylic acids is 7. The molecule has 3 rings (SSSR count). The van der Waals surface area contributed by atoms with Gasteiger partial charge in [0, 0.05) is 6.54 Å². The first-order valence-electron chi connectivity index (χ1n) is 19.6. The number of nitrogens with two attached hydrogens (primary N) is 10. The molecule has 0 aliphatic carbocycles. The van der Waals surface area contributed by atoms with Gasteiger partial charge in [-0.2, -0.15) is 0 Å². The first kappa shape index (κ1) is 53.0. The summed E-state index contributed by atoms with van der Waals surface area (Å²) in [5.41, 5.74) is 57.0. The molecule has 0 bridgehead atoms. The van der Waals surface area contributed by atoms with E-state index in [1.54, 1.807) is 30.3 Å². The van der Waals surface area contributed by atoms with Gasteiger partial charge >= 0.3 is 0 Å². The van der Waals surface area contributed by atoms with Crippen LogP contribution in [0.2, 0.25) is 0 Å². The third-order valence-electron chi connectivity index (χ3n) is 8.50. The van der Waals surface area contributed by atoms with E-state index in [0.29, 0.717) is 5.56 Å². The number of nitrogens with one attached hydrogen (secondary N) is 7. The average Bonchev–Trinajstić information content (AvgIpc) is 3.28. The topological polar surface area (TPSA) is 534 Å². The first-order valence-corrected chi connectivity index (χ1v) is 19.6. The molecule has 0 saturated carbocycles. The summed E-state index contributed by atoms with van der Waals surface area (Å²) in [5, 5.41) is 26.1. The van der Waals surface area contributed by atoms with Crippen molar-refractivity contribution in [2.75, 3.05) is 0 Å². The minimum Gasteiger partial charge on any atom is -0.370 e. The molecule has 7 atom stereocenters. The minimum absolute atomic E-state index is 0.0390. The standard InChI is InChI=1S/C39H53N21O8/c40-23(24(41)61)52-30(63)25(57-36(42)43)54-32(65)27(59-38(46)47)56-33(66)28(60-39(48)49)55-31(64)26(58-37(44)45)53-29(62)22(21-9-5-2-6-10-21)51-35(68)34(67)50-17-20-15-13-19(14-16-20)12-11-18-7-3-1-4-8-18/h1-16,22-23,25-28,34,50,67H,17,40H2,(H2,41,61)(H,51,68)(H,52,63)(H,53,62)(H,54,65)(H,55,64)(H,56,66)(H4,42,43,57)(H4,44,45,58)(H4,46,47,59)(H4,48,49,60). The van der Waals surface area contributed by atoms with Crippen LogP contribution in [0.5, 0.6) is 0 Å². The number of benzene rings is 3. The molecular formula is C39H53N21O8. The van der Waals surface area contributed by atoms with Crippen molar-refractivity contribution in [2.24, 2.45) is 77.3 Å². The number of primary amides is 1. The zero-order chi connectivity index (χ0) is 50.5. The van der Waals surface area contributed by atoms with E-state index in [0.717, 1.165) is 11.1 Å². The molecule has 7 unspecified atom stereocenters. The van der Waals surface area contributed by atoms with E-state index >= 15 is 0 Å². The number of nitrogens with zero attached hydrogens (tertiary/aromatic N) is 4. The van der Waals surface area contributed by atoms with Crippen molar-refractivity contribution in [1.29, 1.82) is 0 Å². The van der Waals surface area contributed by atoms with Gasteiger partial charge in [-0.25, -0.2) is 20.0 Å². The fourth-order valence-corrected chi connectivity index (χ4v) is 5.36. The number of aliphatic hydroxyl groups is 1. The molecule has 0 fully saturated rings. The van der Waals surface area contributed by atoms with E-state index in [4.69, 9.17) is 57.3 Å². The van der Waals surface area contributed by atoms with Gasteiger partial charge in [-0.3, -0.25) is 38.9 Å². The highest BCUT2D eigenvalue weighted by Gasteiger charge is 2.34. The van der Waals surface area contributed by atoms with Crippen molar-refractivity contribution in [1.82, 2.24) is 37.2 Å². The normalized spacial score (nSPS) is 13.7. The van der Waals surface area contributed by atoms with Crippen LogP contribution in [0.1, 0.15) is 28.3 Å². The van der Waals surface area contributed by atoms with Gasteiger partial charge in [-0.15, -0.1) is 0 Å². The lowest BCUT2D eigenvalue weighted by Gasteiger charge is -2.24. The number of guanidine groups is 4. The molecule has 0 heterocycles. The Labute approximate surface area is 386 Å². The molecule has 28 N–H and O–H groups in total. The Kier molecular flexibility index (Phi) is 20.1. The largest absolute Gasteiger partial charge is 0.370 e. The third kappa shape index (κ3) is 18.0. The highest BCUT2D eigenvalue weighted by molar-refractivity contribution is 5.99. The lowest BCUT2D eigenvalue weighted by Crippen LogP contribution is -2.60. The van der Waals surface area contributed by atoms with Crippen LogP contribution in [0.4, 0.5) is 0 Å². The summed E-state index contributed by atoms with van der Waals surface area (Å²) in [4.78, 5) is 106. The number of carbonyl (C=O) groups is 7. The number of aliphatic hydroxyl groups excluding tert-OH is 1. The van der Waals surface area contributed by atoms with Crippen LogP contribution < -0.4 is 94.6 Å². The first-order chi connectivity index (χ1) is 32.1. The highest BCUT2D eigenvalue weighted by atomic mass is 16.3. The maximum atomic E-state index is 13.9. The number of aliphatic imine (C=N–C) groups is 4. The van der Waals surface area contributed by atoms with Gasteiger partial charge in [0.05, 0.1) is 0 Å². The zero-order valence-corrected chi connectivity index (χ0v) is 35.9. The van der Waals surface area contributed by atoms with Gasteiger partial charge in [-0.05, 0) is 22.3 Å². The van der Waals surface area contributed by atoms with Crippen LogP contribution in [-0.2, 0) is 40.1 Å². The van der Waals surface area contributed by atoms with Crippen molar-refractivity contribution < 1.29 is 38.7 Å². The molecule has 0 aliphatic rings. The predicted molar refractivity (Wildman–Crippen MR) is 248 cm³/mol. The Balaban J connectivity index is 1.79. The van der Waals surface area contributed by atoms with Crippen LogP contribution in [0.15, 0.2) is 105 Å². The molecule has 3 aromatic rings. The number of hydrogen-bond acceptors (Lipinski definition) is 14. The summed E-state index contributed by atoms with van der Waals surface area (Å²) in [6, 6.07) is 23.0. The average molecular weight is 944 g/mol. The molecule has 0 spiro atoms. The highest BCUT2D eigenvalue weighted by Crippen LogP contribution is 2.15. The van der Waals surface area contributed by atoms with E-state index in [1.807, 2.05) is 70.6 Å². The van der Waals surface area contributed by atoms with E-state index in [-0.39, 0.29) is 12.1 Å². The lowest BCUT2D eigenvalue weighted by molar-refractivity contribution is -0.137. The number of amides is 7. The van der Waals surface area contributed by atoms with Crippen molar-refractivity contribution in [3.8, 4) is 0 Å². The van der Waals surface area contributed by atoms with E-state index in [2.05, 4.69) is 41.2 Å². The van der Waals surface area contributed by atoms with Gasteiger partial charge in [0.2, 0.25) is 30.6 Å². The number of hydrogen-bond donors (Lipinski definition) is 18. The van der Waals surface area contributed by atoms with Gasteiger partial charge in [0.15, 0.2) is 36.2 Å². The molecule has 7 amide bonds. The minimum atomic E-state index is -2.18. The molecule has 0 aromatic heterocycles. The summed E-state index contributed by atoms with van der Waals surface area (Å²) < 4.78 is 0. The Hall–Kier alpha value is -9.35. The molecule has 0 radical (unpaired) electrons. The van der Waals surface area contributed by atoms with Crippen LogP contribution in [0.3, 0.4) is 0 Å².